The summed E-state index contributed by atoms with van der Waals surface area (Å²) in [5.74, 6) is -0.159. The summed E-state index contributed by atoms with van der Waals surface area (Å²) in [5, 5.41) is 9.40. The predicted molar refractivity (Wildman–Crippen MR) is 96.6 cm³/mol. The quantitative estimate of drug-likeness (QED) is 0.714. The van der Waals surface area contributed by atoms with E-state index in [0.717, 1.165) is 16.5 Å². The molecule has 0 saturated carbocycles. The molecule has 130 valence electrons. The third kappa shape index (κ3) is 4.01. The van der Waals surface area contributed by atoms with Gasteiger partial charge in [0.2, 0.25) is 15.9 Å². The molecule has 8 heteroatoms. The van der Waals surface area contributed by atoms with Crippen molar-refractivity contribution in [3.05, 3.63) is 65.3 Å². The SMILES string of the molecule is NS(=O)(=O)c1ccc(CNC(=O)Cn2ccc3c(Cl)cccc32)cc1. The summed E-state index contributed by atoms with van der Waals surface area (Å²) in [6.07, 6.45) is 1.82. The van der Waals surface area contributed by atoms with Crippen LogP contribution in [0.5, 0.6) is 0 Å². The lowest BCUT2D eigenvalue weighted by Gasteiger charge is -2.08. The van der Waals surface area contributed by atoms with E-state index in [0.29, 0.717) is 11.6 Å². The smallest absolute Gasteiger partial charge is 0.240 e. The van der Waals surface area contributed by atoms with Gasteiger partial charge in [-0.2, -0.15) is 0 Å². The average molecular weight is 378 g/mol. The number of nitrogens with one attached hydrogen (secondary N) is 1. The van der Waals surface area contributed by atoms with Gasteiger partial charge < -0.3 is 9.88 Å². The van der Waals surface area contributed by atoms with Crippen molar-refractivity contribution >= 4 is 38.4 Å². The summed E-state index contributed by atoms with van der Waals surface area (Å²) in [5.41, 5.74) is 1.67. The number of benzene rings is 2. The van der Waals surface area contributed by atoms with E-state index < -0.39 is 10.0 Å². The summed E-state index contributed by atoms with van der Waals surface area (Å²) < 4.78 is 24.2. The molecule has 0 atom stereocenters. The lowest BCUT2D eigenvalue weighted by atomic mass is 10.2. The van der Waals surface area contributed by atoms with Crippen LogP contribution in [0.3, 0.4) is 0 Å². The van der Waals surface area contributed by atoms with Crippen LogP contribution in [0.1, 0.15) is 5.56 Å². The van der Waals surface area contributed by atoms with Crippen molar-refractivity contribution in [2.45, 2.75) is 18.0 Å². The highest BCUT2D eigenvalue weighted by atomic mass is 35.5. The molecule has 3 N–H and O–H groups in total. The molecule has 1 heterocycles. The number of sulfonamides is 1. The number of hydrogen-bond donors (Lipinski definition) is 2. The van der Waals surface area contributed by atoms with Crippen molar-refractivity contribution in [3.63, 3.8) is 0 Å². The minimum atomic E-state index is -3.71. The molecule has 3 rings (SSSR count). The average Bonchev–Trinajstić information content (AvgIpc) is 2.97. The molecule has 1 amide bonds. The highest BCUT2D eigenvalue weighted by molar-refractivity contribution is 7.89. The Bertz CT molecular complexity index is 1030. The van der Waals surface area contributed by atoms with Crippen LogP contribution in [0.15, 0.2) is 59.6 Å². The van der Waals surface area contributed by atoms with Crippen molar-refractivity contribution < 1.29 is 13.2 Å². The Morgan fingerprint density at radius 3 is 2.52 bits per heavy atom. The zero-order valence-electron chi connectivity index (χ0n) is 13.1. The fraction of sp³-hybridized carbons (Fsp3) is 0.118. The van der Waals surface area contributed by atoms with Gasteiger partial charge in [-0.15, -0.1) is 0 Å². The second-order valence-electron chi connectivity index (χ2n) is 5.58. The number of rotatable bonds is 5. The lowest BCUT2D eigenvalue weighted by molar-refractivity contribution is -0.121. The van der Waals surface area contributed by atoms with Gasteiger partial charge in [-0.3, -0.25) is 4.79 Å². The normalized spacial score (nSPS) is 11.6. The Morgan fingerprint density at radius 2 is 1.84 bits per heavy atom. The molecule has 0 fully saturated rings. The third-order valence-electron chi connectivity index (χ3n) is 3.82. The highest BCUT2D eigenvalue weighted by Crippen LogP contribution is 2.24. The van der Waals surface area contributed by atoms with Crippen LogP contribution in [-0.2, 0) is 27.9 Å². The molecule has 0 saturated heterocycles. The molecule has 0 unspecified atom stereocenters. The molecule has 0 aliphatic rings. The topological polar surface area (TPSA) is 94.2 Å². The Balaban J connectivity index is 1.64. The van der Waals surface area contributed by atoms with E-state index in [1.54, 1.807) is 18.2 Å². The van der Waals surface area contributed by atoms with Gasteiger partial charge in [-0.25, -0.2) is 13.6 Å². The van der Waals surface area contributed by atoms with Gasteiger partial charge in [-0.1, -0.05) is 29.8 Å². The standard InChI is InChI=1S/C17H16ClN3O3S/c18-15-2-1-3-16-14(15)8-9-21(16)11-17(22)20-10-12-4-6-13(7-5-12)25(19,23)24/h1-9H,10-11H2,(H,20,22)(H2,19,23,24). The van der Waals surface area contributed by atoms with Gasteiger partial charge in [-0.05, 0) is 35.9 Å². The molecule has 1 aromatic heterocycles. The Labute approximate surface area is 150 Å². The van der Waals surface area contributed by atoms with Crippen LogP contribution in [0, 0.1) is 0 Å². The van der Waals surface area contributed by atoms with E-state index in [1.807, 2.05) is 29.0 Å². The summed E-state index contributed by atoms with van der Waals surface area (Å²) in [6.45, 7) is 0.461. The first kappa shape index (κ1) is 17.5. The number of carbonyl (C=O) groups excluding carboxylic acids is 1. The highest BCUT2D eigenvalue weighted by Gasteiger charge is 2.09. The maximum Gasteiger partial charge on any atom is 0.240 e. The molecule has 0 aliphatic carbocycles. The summed E-state index contributed by atoms with van der Waals surface area (Å²) in [6, 6.07) is 13.5. The van der Waals surface area contributed by atoms with Crippen LogP contribution in [-0.4, -0.2) is 18.9 Å². The third-order valence-corrected chi connectivity index (χ3v) is 5.07. The number of halogens is 1. The van der Waals surface area contributed by atoms with Crippen molar-refractivity contribution in [1.82, 2.24) is 9.88 Å². The summed E-state index contributed by atoms with van der Waals surface area (Å²) in [7, 11) is -3.71. The van der Waals surface area contributed by atoms with Crippen molar-refractivity contribution in [1.29, 1.82) is 0 Å². The van der Waals surface area contributed by atoms with E-state index >= 15 is 0 Å². The maximum atomic E-state index is 12.2. The van der Waals surface area contributed by atoms with Crippen molar-refractivity contribution in [2.75, 3.05) is 0 Å². The zero-order chi connectivity index (χ0) is 18.0. The fourth-order valence-electron chi connectivity index (χ4n) is 2.53. The van der Waals surface area contributed by atoms with E-state index in [4.69, 9.17) is 16.7 Å². The first-order valence-corrected chi connectivity index (χ1v) is 9.39. The number of nitrogens with zero attached hydrogens (tertiary/aromatic N) is 1. The second-order valence-corrected chi connectivity index (χ2v) is 7.55. The largest absolute Gasteiger partial charge is 0.350 e. The van der Waals surface area contributed by atoms with E-state index in [-0.39, 0.29) is 17.3 Å². The summed E-state index contributed by atoms with van der Waals surface area (Å²) >= 11 is 6.13. The van der Waals surface area contributed by atoms with Crippen LogP contribution in [0.2, 0.25) is 5.02 Å². The van der Waals surface area contributed by atoms with Gasteiger partial charge in [0, 0.05) is 28.7 Å². The van der Waals surface area contributed by atoms with Crippen molar-refractivity contribution in [2.24, 2.45) is 5.14 Å². The number of carbonyl (C=O) groups is 1. The number of amides is 1. The second kappa shape index (κ2) is 6.87. The first-order valence-electron chi connectivity index (χ1n) is 7.46. The monoisotopic (exact) mass is 377 g/mol. The zero-order valence-corrected chi connectivity index (χ0v) is 14.7. The minimum absolute atomic E-state index is 0.0401. The fourth-order valence-corrected chi connectivity index (χ4v) is 3.28. The van der Waals surface area contributed by atoms with Crippen LogP contribution >= 0.6 is 11.6 Å². The summed E-state index contributed by atoms with van der Waals surface area (Å²) in [4.78, 5) is 12.2. The van der Waals surface area contributed by atoms with E-state index in [9.17, 15) is 13.2 Å². The molecule has 0 aliphatic heterocycles. The molecule has 0 radical (unpaired) electrons. The van der Waals surface area contributed by atoms with Gasteiger partial charge in [0.15, 0.2) is 0 Å². The van der Waals surface area contributed by atoms with Crippen molar-refractivity contribution in [3.8, 4) is 0 Å². The van der Waals surface area contributed by atoms with Gasteiger partial charge in [0.1, 0.15) is 6.54 Å². The van der Waals surface area contributed by atoms with Crippen LogP contribution in [0.4, 0.5) is 0 Å². The molecule has 6 nitrogen and oxygen atoms in total. The minimum Gasteiger partial charge on any atom is -0.350 e. The van der Waals surface area contributed by atoms with Gasteiger partial charge in [0.25, 0.3) is 0 Å². The van der Waals surface area contributed by atoms with Crippen LogP contribution in [0.25, 0.3) is 10.9 Å². The van der Waals surface area contributed by atoms with Gasteiger partial charge in [0.05, 0.1) is 4.90 Å². The maximum absolute atomic E-state index is 12.2. The number of fused-ring (bicyclic) bond motifs is 1. The molecule has 2 aromatic carbocycles. The molecular formula is C17H16ClN3O3S. The Morgan fingerprint density at radius 1 is 1.12 bits per heavy atom. The predicted octanol–water partition coefficient (Wildman–Crippen LogP) is 2.26. The lowest BCUT2D eigenvalue weighted by Crippen LogP contribution is -2.26. The molecule has 25 heavy (non-hydrogen) atoms. The Kier molecular flexibility index (Phi) is 4.80. The van der Waals surface area contributed by atoms with E-state index in [2.05, 4.69) is 5.32 Å². The molecular weight excluding hydrogens is 362 g/mol. The number of primary sulfonamides is 1. The van der Waals surface area contributed by atoms with Crippen LogP contribution < -0.4 is 10.5 Å². The number of nitrogens with two attached hydrogens (primary N) is 1. The van der Waals surface area contributed by atoms with E-state index in [1.165, 1.54) is 12.1 Å². The molecule has 0 bridgehead atoms. The number of hydrogen-bond acceptors (Lipinski definition) is 3. The number of aromatic nitrogens is 1. The molecule has 3 aromatic rings. The Hall–Kier alpha value is -2.35. The first-order chi connectivity index (χ1) is 11.8. The van der Waals surface area contributed by atoms with Gasteiger partial charge >= 0.3 is 0 Å². The molecule has 0 spiro atoms.